The summed E-state index contributed by atoms with van der Waals surface area (Å²) in [5, 5.41) is 16.4. The normalized spacial score (nSPS) is 22.3. The van der Waals surface area contributed by atoms with Gasteiger partial charge in [0.2, 0.25) is 11.9 Å². The van der Waals surface area contributed by atoms with Crippen molar-refractivity contribution in [1.29, 1.82) is 5.26 Å². The van der Waals surface area contributed by atoms with Gasteiger partial charge in [0.05, 0.1) is 29.8 Å². The molecule has 2 fully saturated rings. The molecular formula is C33H42F3N7O. The summed E-state index contributed by atoms with van der Waals surface area (Å²) in [6.45, 7) is 6.28. The smallest absolute Gasteiger partial charge is 0.365 e. The fraction of sp³-hybridized carbons (Fsp3) is 0.576. The van der Waals surface area contributed by atoms with Crippen molar-refractivity contribution in [2.24, 2.45) is 5.41 Å². The van der Waals surface area contributed by atoms with E-state index in [0.29, 0.717) is 61.8 Å². The van der Waals surface area contributed by atoms with Crippen LogP contribution in [0.5, 0.6) is 0 Å². The molecule has 2 aliphatic heterocycles. The van der Waals surface area contributed by atoms with Crippen LogP contribution in [-0.2, 0) is 17.8 Å². The molecular weight excluding hydrogens is 567 g/mol. The molecule has 2 unspecified atom stereocenters. The van der Waals surface area contributed by atoms with Gasteiger partial charge in [0, 0.05) is 38.3 Å². The molecule has 1 aliphatic carbocycles. The molecule has 236 valence electrons. The molecule has 1 amide bonds. The fourth-order valence-corrected chi connectivity index (χ4v) is 6.72. The zero-order valence-corrected chi connectivity index (χ0v) is 25.8. The van der Waals surface area contributed by atoms with Gasteiger partial charge in [0.25, 0.3) is 0 Å². The third-order valence-electron chi connectivity index (χ3n) is 9.57. The second-order valence-electron chi connectivity index (χ2n) is 12.5. The number of nitrogens with zero attached hydrogens (tertiary/aromatic N) is 5. The van der Waals surface area contributed by atoms with E-state index >= 15 is 0 Å². The van der Waals surface area contributed by atoms with Crippen LogP contribution in [0.3, 0.4) is 0 Å². The number of hydrogen-bond donors (Lipinski definition) is 2. The van der Waals surface area contributed by atoms with E-state index in [0.717, 1.165) is 49.0 Å². The highest BCUT2D eigenvalue weighted by Crippen LogP contribution is 2.44. The largest absolute Gasteiger partial charge is 0.389 e. The Morgan fingerprint density at radius 2 is 2.02 bits per heavy atom. The highest BCUT2D eigenvalue weighted by molar-refractivity contribution is 5.82. The lowest BCUT2D eigenvalue weighted by Gasteiger charge is -2.38. The molecule has 2 atom stereocenters. The Bertz CT molecular complexity index is 1420. The molecule has 5 rings (SSSR count). The minimum atomic E-state index is -4.28. The number of alkyl halides is 3. The molecule has 1 aromatic heterocycles. The molecule has 0 bridgehead atoms. The van der Waals surface area contributed by atoms with Gasteiger partial charge in [-0.3, -0.25) is 4.79 Å². The summed E-state index contributed by atoms with van der Waals surface area (Å²) < 4.78 is 40.9. The van der Waals surface area contributed by atoms with Crippen molar-refractivity contribution >= 4 is 23.7 Å². The number of aromatic nitrogens is 2. The molecule has 8 nitrogen and oxygen atoms in total. The summed E-state index contributed by atoms with van der Waals surface area (Å²) in [5.41, 5.74) is 2.78. The summed E-state index contributed by atoms with van der Waals surface area (Å²) in [7, 11) is 1.89. The van der Waals surface area contributed by atoms with Crippen LogP contribution in [-0.4, -0.2) is 65.7 Å². The minimum absolute atomic E-state index is 0.102. The molecule has 0 radical (unpaired) electrons. The maximum atomic E-state index is 13.6. The molecule has 11 heteroatoms. The number of halogens is 3. The summed E-state index contributed by atoms with van der Waals surface area (Å²) >= 11 is 0. The lowest BCUT2D eigenvalue weighted by Crippen LogP contribution is -2.50. The molecule has 2 saturated heterocycles. The van der Waals surface area contributed by atoms with Gasteiger partial charge in [-0.05, 0) is 81.0 Å². The summed E-state index contributed by atoms with van der Waals surface area (Å²) in [4.78, 5) is 26.8. The number of carbonyl (C=O) groups excluding carboxylic acids is 1. The Kier molecular flexibility index (Phi) is 9.49. The van der Waals surface area contributed by atoms with E-state index in [9.17, 15) is 23.2 Å². The molecule has 2 N–H and O–H groups in total. The van der Waals surface area contributed by atoms with E-state index in [1.807, 2.05) is 37.1 Å². The predicted molar refractivity (Wildman–Crippen MR) is 165 cm³/mol. The van der Waals surface area contributed by atoms with Crippen LogP contribution in [0.4, 0.5) is 24.9 Å². The van der Waals surface area contributed by atoms with Gasteiger partial charge >= 0.3 is 6.18 Å². The van der Waals surface area contributed by atoms with Crippen molar-refractivity contribution in [1.82, 2.24) is 20.2 Å². The van der Waals surface area contributed by atoms with Gasteiger partial charge in [-0.15, -0.1) is 0 Å². The van der Waals surface area contributed by atoms with Gasteiger partial charge < -0.3 is 20.4 Å². The molecule has 44 heavy (non-hydrogen) atoms. The first-order chi connectivity index (χ1) is 21.0. The Morgan fingerprint density at radius 3 is 2.68 bits per heavy atom. The fourth-order valence-electron chi connectivity index (χ4n) is 6.72. The first-order valence-corrected chi connectivity index (χ1v) is 15.7. The quantitative estimate of drug-likeness (QED) is 0.393. The van der Waals surface area contributed by atoms with E-state index in [1.165, 1.54) is 0 Å². The summed E-state index contributed by atoms with van der Waals surface area (Å²) in [5.74, 6) is 1.23. The minimum Gasteiger partial charge on any atom is -0.365 e. The number of likely N-dealkylation sites (N-methyl/N-ethyl adjacent to an activating group) is 1. The number of hydrogen-bond acceptors (Lipinski definition) is 7. The van der Waals surface area contributed by atoms with E-state index in [1.54, 1.807) is 19.1 Å². The molecule has 1 aromatic carbocycles. The van der Waals surface area contributed by atoms with Crippen LogP contribution in [0.25, 0.3) is 6.08 Å². The lowest BCUT2D eigenvalue weighted by atomic mass is 9.77. The van der Waals surface area contributed by atoms with Gasteiger partial charge in [-0.2, -0.15) is 23.4 Å². The number of nitrogens with one attached hydrogen (secondary N) is 2. The Morgan fingerprint density at radius 1 is 1.25 bits per heavy atom. The number of amides is 1. The monoisotopic (exact) mass is 609 g/mol. The predicted octanol–water partition coefficient (Wildman–Crippen LogP) is 5.76. The Hall–Kier alpha value is -3.65. The van der Waals surface area contributed by atoms with Gasteiger partial charge in [0.1, 0.15) is 5.82 Å². The zero-order chi connectivity index (χ0) is 31.5. The second kappa shape index (κ2) is 13.1. The van der Waals surface area contributed by atoms with E-state index in [4.69, 9.17) is 9.97 Å². The highest BCUT2D eigenvalue weighted by atomic mass is 19.4. The molecule has 0 saturated carbocycles. The number of aryl methyl sites for hydroxylation is 2. The van der Waals surface area contributed by atoms with Crippen LogP contribution in [0.15, 0.2) is 24.3 Å². The van der Waals surface area contributed by atoms with Crippen molar-refractivity contribution in [3.8, 4) is 6.07 Å². The van der Waals surface area contributed by atoms with Gasteiger partial charge in [0.15, 0.2) is 0 Å². The SMILES string of the molecule is CCC1(CC(F)(F)F)C=Cc2c(nc(N3CCC(N(C)C(=O)C4CCCN4)CC3)nc2NCc2ccc(C)cc2C#N)CC1. The average molecular weight is 610 g/mol. The molecule has 2 aromatic rings. The van der Waals surface area contributed by atoms with Crippen molar-refractivity contribution in [3.05, 3.63) is 52.2 Å². The highest BCUT2D eigenvalue weighted by Gasteiger charge is 2.41. The van der Waals surface area contributed by atoms with E-state index in [-0.39, 0.29) is 18.0 Å². The number of rotatable bonds is 8. The van der Waals surface area contributed by atoms with E-state index < -0.39 is 18.0 Å². The second-order valence-corrected chi connectivity index (χ2v) is 12.5. The van der Waals surface area contributed by atoms with E-state index in [2.05, 4.69) is 21.6 Å². The molecule has 3 aliphatic rings. The van der Waals surface area contributed by atoms with Crippen LogP contribution >= 0.6 is 0 Å². The first-order valence-electron chi connectivity index (χ1n) is 15.7. The van der Waals surface area contributed by atoms with Crippen molar-refractivity contribution in [3.63, 3.8) is 0 Å². The van der Waals surface area contributed by atoms with Crippen molar-refractivity contribution < 1.29 is 18.0 Å². The maximum absolute atomic E-state index is 13.6. The van der Waals surface area contributed by atoms with Crippen LogP contribution < -0.4 is 15.5 Å². The third-order valence-corrected chi connectivity index (χ3v) is 9.57. The summed E-state index contributed by atoms with van der Waals surface area (Å²) in [6, 6.07) is 7.97. The zero-order valence-electron chi connectivity index (χ0n) is 25.8. The lowest BCUT2D eigenvalue weighted by molar-refractivity contribution is -0.153. The number of piperidine rings is 1. The number of allylic oxidation sites excluding steroid dienone is 1. The topological polar surface area (TPSA) is 97.2 Å². The van der Waals surface area contributed by atoms with Crippen LogP contribution in [0, 0.1) is 23.7 Å². The summed E-state index contributed by atoms with van der Waals surface area (Å²) in [6.07, 6.45) is 2.83. The Labute approximate surface area is 257 Å². The van der Waals surface area contributed by atoms with Crippen LogP contribution in [0.2, 0.25) is 0 Å². The standard InChI is InChI=1S/C33H42F3N7O/c1-4-32(21-33(34,35)36)13-9-26-27(10-14-32)40-31(41-29(26)39-20-23-8-7-22(2)18-24(23)19-37)43-16-11-25(12-17-43)42(3)30(44)28-6-5-15-38-28/h7-9,13,18,25,28,38H,4-6,10-12,14-17,20-21H2,1-3H3,(H,39,40,41). The first kappa shape index (κ1) is 31.8. The number of benzene rings is 1. The van der Waals surface area contributed by atoms with Crippen molar-refractivity contribution in [2.75, 3.05) is 36.9 Å². The van der Waals surface area contributed by atoms with Gasteiger partial charge in [-0.1, -0.05) is 31.2 Å². The third kappa shape index (κ3) is 7.17. The van der Waals surface area contributed by atoms with Gasteiger partial charge in [-0.25, -0.2) is 4.98 Å². The number of nitriles is 1. The van der Waals surface area contributed by atoms with Crippen molar-refractivity contribution in [2.45, 2.75) is 90.0 Å². The molecule has 3 heterocycles. The number of anilines is 2. The number of carbonyl (C=O) groups is 1. The number of fused-ring (bicyclic) bond motifs is 1. The Balaban J connectivity index is 1.40. The van der Waals surface area contributed by atoms with Crippen LogP contribution in [0.1, 0.15) is 79.8 Å². The maximum Gasteiger partial charge on any atom is 0.389 e. The molecule has 0 spiro atoms. The average Bonchev–Trinajstić information content (AvgIpc) is 3.49.